The minimum atomic E-state index is -2.27. The lowest BCUT2D eigenvalue weighted by atomic mass is 10.1. The minimum absolute atomic E-state index is 0.280. The summed E-state index contributed by atoms with van der Waals surface area (Å²) in [6.07, 6.45) is -1.23. The number of carboxylic acids is 2. The maximum atomic E-state index is 12.5. The number of aliphatic hydroxyl groups is 2. The lowest BCUT2D eigenvalue weighted by Crippen LogP contribution is -2.39. The zero-order chi connectivity index (χ0) is 27.5. The van der Waals surface area contributed by atoms with E-state index in [-0.39, 0.29) is 5.91 Å². The number of benzene rings is 1. The Morgan fingerprint density at radius 3 is 2.29 bits per heavy atom. The molecule has 1 fully saturated rings. The Hall–Kier alpha value is -4.17. The van der Waals surface area contributed by atoms with Gasteiger partial charge >= 0.3 is 11.9 Å². The molecule has 202 valence electrons. The fourth-order valence-corrected chi connectivity index (χ4v) is 3.41. The Kier molecular flexibility index (Phi) is 10.4. The van der Waals surface area contributed by atoms with Gasteiger partial charge in [-0.2, -0.15) is 0 Å². The Balaban J connectivity index is 0.000000342. The van der Waals surface area contributed by atoms with E-state index in [4.69, 9.17) is 29.9 Å². The van der Waals surface area contributed by atoms with Gasteiger partial charge in [-0.3, -0.25) is 19.7 Å². The molecular formula is C25H28N4O9. The maximum absolute atomic E-state index is 12.5. The third-order valence-corrected chi connectivity index (χ3v) is 5.41. The molecule has 38 heavy (non-hydrogen) atoms. The summed E-state index contributed by atoms with van der Waals surface area (Å²) in [5.41, 5.74) is 1.67. The normalized spacial score (nSPS) is 15.0. The first-order valence-corrected chi connectivity index (χ1v) is 11.6. The second kappa shape index (κ2) is 13.9. The van der Waals surface area contributed by atoms with Crippen LogP contribution < -0.4 is 10.1 Å². The minimum Gasteiger partial charge on any atom is -0.492 e. The quantitative estimate of drug-likeness (QED) is 0.258. The van der Waals surface area contributed by atoms with Crippen LogP contribution in [0.5, 0.6) is 5.75 Å². The average Bonchev–Trinajstić information content (AvgIpc) is 2.93. The molecule has 1 aromatic carbocycles. The first-order valence-electron chi connectivity index (χ1n) is 11.6. The Labute approximate surface area is 217 Å². The van der Waals surface area contributed by atoms with Crippen molar-refractivity contribution < 1.29 is 44.3 Å². The zero-order valence-corrected chi connectivity index (χ0v) is 20.3. The summed E-state index contributed by atoms with van der Waals surface area (Å²) in [5, 5.41) is 36.3. The van der Waals surface area contributed by atoms with Crippen LogP contribution >= 0.6 is 0 Å². The molecule has 3 aromatic rings. The molecule has 1 saturated heterocycles. The van der Waals surface area contributed by atoms with Gasteiger partial charge < -0.3 is 35.2 Å². The summed E-state index contributed by atoms with van der Waals surface area (Å²) in [6, 6.07) is 12.8. The standard InChI is InChI=1S/C21H22N4O3.C4H6O6/c26-21(18-5-1-2-6-22-18)24-19-15-17(14-16-4-3-7-23-20(16)19)28-13-10-25-8-11-27-12-9-25;5-1(3(7)8)2(6)4(9)10/h1-7,14-15H,8-13H2,(H,24,26);1-2,5-6H,(H,7,8)(H,9,10). The molecule has 1 aliphatic rings. The van der Waals surface area contributed by atoms with Crippen molar-refractivity contribution in [1.82, 2.24) is 14.9 Å². The van der Waals surface area contributed by atoms with Crippen LogP contribution in [0.25, 0.3) is 10.9 Å². The van der Waals surface area contributed by atoms with Gasteiger partial charge in [-0.15, -0.1) is 0 Å². The van der Waals surface area contributed by atoms with Crippen molar-refractivity contribution in [3.05, 3.63) is 60.6 Å². The number of nitrogens with one attached hydrogen (secondary N) is 1. The van der Waals surface area contributed by atoms with Crippen LogP contribution in [-0.2, 0) is 14.3 Å². The number of hydrogen-bond donors (Lipinski definition) is 5. The number of carboxylic acid groups (broad SMARTS) is 2. The highest BCUT2D eigenvalue weighted by atomic mass is 16.5. The topological polar surface area (TPSA) is 192 Å². The van der Waals surface area contributed by atoms with E-state index in [1.165, 1.54) is 0 Å². The first-order chi connectivity index (χ1) is 18.3. The van der Waals surface area contributed by atoms with Crippen molar-refractivity contribution in [2.45, 2.75) is 12.2 Å². The van der Waals surface area contributed by atoms with Gasteiger partial charge in [0, 0.05) is 43.5 Å². The largest absolute Gasteiger partial charge is 0.492 e. The number of aromatic nitrogens is 2. The van der Waals surface area contributed by atoms with Gasteiger partial charge in [0.2, 0.25) is 0 Å². The van der Waals surface area contributed by atoms with Crippen molar-refractivity contribution in [3.8, 4) is 5.75 Å². The van der Waals surface area contributed by atoms with E-state index >= 15 is 0 Å². The molecule has 2 unspecified atom stereocenters. The molecule has 0 radical (unpaired) electrons. The highest BCUT2D eigenvalue weighted by Crippen LogP contribution is 2.28. The van der Waals surface area contributed by atoms with Crippen LogP contribution in [0.2, 0.25) is 0 Å². The Morgan fingerprint density at radius 2 is 1.66 bits per heavy atom. The average molecular weight is 529 g/mol. The second-order valence-electron chi connectivity index (χ2n) is 8.08. The second-order valence-corrected chi connectivity index (χ2v) is 8.08. The molecule has 1 amide bonds. The number of rotatable bonds is 9. The van der Waals surface area contributed by atoms with Gasteiger partial charge in [-0.1, -0.05) is 12.1 Å². The van der Waals surface area contributed by atoms with Gasteiger partial charge in [0.05, 0.1) is 24.4 Å². The lowest BCUT2D eigenvalue weighted by molar-refractivity contribution is -0.165. The van der Waals surface area contributed by atoms with Gasteiger partial charge in [0.15, 0.2) is 12.2 Å². The molecule has 0 bridgehead atoms. The van der Waals surface area contributed by atoms with Crippen LogP contribution in [0.3, 0.4) is 0 Å². The molecule has 3 heterocycles. The van der Waals surface area contributed by atoms with Crippen LogP contribution in [0.15, 0.2) is 54.9 Å². The number of morpholine rings is 1. The van der Waals surface area contributed by atoms with Gasteiger partial charge in [-0.05, 0) is 24.3 Å². The molecule has 4 rings (SSSR count). The monoisotopic (exact) mass is 528 g/mol. The van der Waals surface area contributed by atoms with E-state index in [0.29, 0.717) is 29.3 Å². The van der Waals surface area contributed by atoms with Crippen molar-refractivity contribution in [2.75, 3.05) is 44.8 Å². The number of ether oxygens (including phenoxy) is 2. The molecular weight excluding hydrogens is 500 g/mol. The van der Waals surface area contributed by atoms with E-state index in [9.17, 15) is 14.4 Å². The summed E-state index contributed by atoms with van der Waals surface area (Å²) < 4.78 is 11.3. The van der Waals surface area contributed by atoms with Crippen molar-refractivity contribution in [1.29, 1.82) is 0 Å². The van der Waals surface area contributed by atoms with Crippen molar-refractivity contribution in [2.24, 2.45) is 0 Å². The number of aliphatic hydroxyl groups excluding tert-OH is 2. The Morgan fingerprint density at radius 1 is 0.974 bits per heavy atom. The SMILES string of the molecule is O=C(Nc1cc(OCCN2CCOCC2)cc2cccnc12)c1ccccn1.O=C(O)C(O)C(O)C(=O)O. The number of carbonyl (C=O) groups excluding carboxylic acids is 1. The molecule has 1 aliphatic heterocycles. The third-order valence-electron chi connectivity index (χ3n) is 5.41. The molecule has 0 aliphatic carbocycles. The number of hydrogen-bond acceptors (Lipinski definition) is 10. The highest BCUT2D eigenvalue weighted by Gasteiger charge is 2.29. The predicted octanol–water partition coefficient (Wildman–Crippen LogP) is 0.471. The van der Waals surface area contributed by atoms with Crippen LogP contribution in [0.4, 0.5) is 5.69 Å². The number of anilines is 1. The molecule has 0 spiro atoms. The van der Waals surface area contributed by atoms with Gasteiger partial charge in [0.1, 0.15) is 18.1 Å². The lowest BCUT2D eigenvalue weighted by Gasteiger charge is -2.26. The summed E-state index contributed by atoms with van der Waals surface area (Å²) in [4.78, 5) is 42.9. The zero-order valence-electron chi connectivity index (χ0n) is 20.3. The number of nitrogens with zero attached hydrogens (tertiary/aromatic N) is 3. The number of amides is 1. The summed E-state index contributed by atoms with van der Waals surface area (Å²) >= 11 is 0. The number of aliphatic carboxylic acids is 2. The van der Waals surface area contributed by atoms with Crippen molar-refractivity contribution in [3.63, 3.8) is 0 Å². The van der Waals surface area contributed by atoms with E-state index < -0.39 is 24.1 Å². The van der Waals surface area contributed by atoms with Crippen LogP contribution in [0, 0.1) is 0 Å². The molecule has 2 aromatic heterocycles. The highest BCUT2D eigenvalue weighted by molar-refractivity contribution is 6.07. The van der Waals surface area contributed by atoms with Crippen molar-refractivity contribution >= 4 is 34.4 Å². The smallest absolute Gasteiger partial charge is 0.335 e. The fraction of sp³-hybridized carbons (Fsp3) is 0.320. The fourth-order valence-electron chi connectivity index (χ4n) is 3.41. The van der Waals surface area contributed by atoms with Gasteiger partial charge in [-0.25, -0.2) is 9.59 Å². The summed E-state index contributed by atoms with van der Waals surface area (Å²) in [7, 11) is 0. The Bertz CT molecular complexity index is 1220. The maximum Gasteiger partial charge on any atom is 0.335 e. The van der Waals surface area contributed by atoms with E-state index in [0.717, 1.165) is 38.2 Å². The third kappa shape index (κ3) is 8.18. The van der Waals surface area contributed by atoms with E-state index in [2.05, 4.69) is 20.2 Å². The summed E-state index contributed by atoms with van der Waals surface area (Å²) in [6.45, 7) is 4.80. The summed E-state index contributed by atoms with van der Waals surface area (Å²) in [5.74, 6) is -3.12. The van der Waals surface area contributed by atoms with Crippen LogP contribution in [0.1, 0.15) is 10.5 Å². The van der Waals surface area contributed by atoms with Crippen LogP contribution in [-0.4, -0.2) is 105 Å². The molecule has 2 atom stereocenters. The molecule has 5 N–H and O–H groups in total. The first kappa shape index (κ1) is 28.4. The predicted molar refractivity (Wildman–Crippen MR) is 134 cm³/mol. The molecule has 0 saturated carbocycles. The van der Waals surface area contributed by atoms with E-state index in [1.807, 2.05) is 24.3 Å². The van der Waals surface area contributed by atoms with Gasteiger partial charge in [0.25, 0.3) is 5.91 Å². The molecule has 13 nitrogen and oxygen atoms in total. The molecule has 13 heteroatoms. The number of fused-ring (bicyclic) bond motifs is 1. The number of carbonyl (C=O) groups is 3. The van der Waals surface area contributed by atoms with E-state index in [1.54, 1.807) is 30.6 Å². The number of pyridine rings is 2.